The lowest BCUT2D eigenvalue weighted by molar-refractivity contribution is -0.139. The van der Waals surface area contributed by atoms with Gasteiger partial charge in [-0.25, -0.2) is 0 Å². The molecule has 0 aromatic carbocycles. The van der Waals surface area contributed by atoms with Gasteiger partial charge in [0, 0.05) is 5.92 Å². The van der Waals surface area contributed by atoms with Crippen molar-refractivity contribution in [2.75, 3.05) is 0 Å². The van der Waals surface area contributed by atoms with Crippen molar-refractivity contribution in [2.24, 2.45) is 0 Å². The molecule has 0 unspecified atom stereocenters. The molecular formula is C9H9BrO5. The summed E-state index contributed by atoms with van der Waals surface area (Å²) < 4.78 is 5.59. The average Bonchev–Trinajstić information content (AvgIpc) is 2.48. The zero-order chi connectivity index (χ0) is 11.4. The van der Waals surface area contributed by atoms with Crippen LogP contribution < -0.4 is 0 Å². The highest BCUT2D eigenvalue weighted by Crippen LogP contribution is 2.27. The molecule has 15 heavy (non-hydrogen) atoms. The fourth-order valence-corrected chi connectivity index (χ4v) is 1.56. The minimum Gasteiger partial charge on any atom is -0.481 e. The van der Waals surface area contributed by atoms with E-state index in [1.54, 1.807) is 12.1 Å². The van der Waals surface area contributed by atoms with Crippen LogP contribution in [0, 0.1) is 0 Å². The molecule has 1 aromatic heterocycles. The molecule has 2 N–H and O–H groups in total. The lowest BCUT2D eigenvalue weighted by atomic mass is 9.99. The quantitative estimate of drug-likeness (QED) is 0.860. The molecule has 1 heterocycles. The third-order valence-electron chi connectivity index (χ3n) is 1.84. The van der Waals surface area contributed by atoms with Crippen molar-refractivity contribution in [3.8, 4) is 0 Å². The van der Waals surface area contributed by atoms with Crippen LogP contribution in [0.25, 0.3) is 0 Å². The van der Waals surface area contributed by atoms with Crippen LogP contribution in [0.4, 0.5) is 0 Å². The second-order valence-electron chi connectivity index (χ2n) is 3.03. The molecule has 0 aliphatic rings. The highest BCUT2D eigenvalue weighted by molar-refractivity contribution is 9.10. The molecule has 1 rings (SSSR count). The smallest absolute Gasteiger partial charge is 0.304 e. The number of hydrogen-bond acceptors (Lipinski definition) is 3. The first-order chi connectivity index (χ1) is 6.99. The lowest BCUT2D eigenvalue weighted by Crippen LogP contribution is -2.10. The van der Waals surface area contributed by atoms with E-state index < -0.39 is 17.9 Å². The normalized spacial score (nSPS) is 10.5. The maximum absolute atomic E-state index is 10.5. The summed E-state index contributed by atoms with van der Waals surface area (Å²) in [6, 6.07) is 3.17. The van der Waals surface area contributed by atoms with Crippen molar-refractivity contribution in [1.82, 2.24) is 0 Å². The third kappa shape index (κ3) is 3.75. The summed E-state index contributed by atoms with van der Waals surface area (Å²) in [4.78, 5) is 21.1. The van der Waals surface area contributed by atoms with Gasteiger partial charge in [-0.2, -0.15) is 0 Å². The zero-order valence-electron chi connectivity index (χ0n) is 7.64. The van der Waals surface area contributed by atoms with Crippen molar-refractivity contribution < 1.29 is 24.2 Å². The van der Waals surface area contributed by atoms with Gasteiger partial charge in [0.2, 0.25) is 0 Å². The predicted octanol–water partition coefficient (Wildman–Crippen LogP) is 2.08. The number of carboxylic acid groups (broad SMARTS) is 2. The second-order valence-corrected chi connectivity index (χ2v) is 3.82. The van der Waals surface area contributed by atoms with Crippen LogP contribution in [-0.4, -0.2) is 22.2 Å². The molecule has 0 atom stereocenters. The van der Waals surface area contributed by atoms with Gasteiger partial charge in [0.1, 0.15) is 5.76 Å². The van der Waals surface area contributed by atoms with E-state index in [-0.39, 0.29) is 12.8 Å². The maximum atomic E-state index is 10.5. The van der Waals surface area contributed by atoms with E-state index in [1.807, 2.05) is 0 Å². The second kappa shape index (κ2) is 4.97. The number of rotatable bonds is 5. The Labute approximate surface area is 93.8 Å². The molecule has 5 nitrogen and oxygen atoms in total. The standard InChI is InChI=1S/C9H9BrO5/c10-7-2-1-6(15-7)5(3-8(11)12)4-9(13)14/h1-2,5H,3-4H2,(H,11,12)(H,13,14). The first-order valence-corrected chi connectivity index (χ1v) is 4.97. The maximum Gasteiger partial charge on any atom is 0.304 e. The Morgan fingerprint density at radius 2 is 1.80 bits per heavy atom. The Balaban J connectivity index is 2.80. The van der Waals surface area contributed by atoms with Gasteiger partial charge in [-0.3, -0.25) is 9.59 Å². The van der Waals surface area contributed by atoms with Crippen LogP contribution >= 0.6 is 15.9 Å². The third-order valence-corrected chi connectivity index (χ3v) is 2.26. The van der Waals surface area contributed by atoms with E-state index in [9.17, 15) is 9.59 Å². The first kappa shape index (κ1) is 11.8. The van der Waals surface area contributed by atoms with Crippen LogP contribution in [0.2, 0.25) is 0 Å². The zero-order valence-corrected chi connectivity index (χ0v) is 9.23. The van der Waals surface area contributed by atoms with Gasteiger partial charge in [-0.15, -0.1) is 0 Å². The van der Waals surface area contributed by atoms with Gasteiger partial charge in [-0.1, -0.05) is 0 Å². The Morgan fingerprint density at radius 1 is 1.27 bits per heavy atom. The number of aliphatic carboxylic acids is 2. The summed E-state index contributed by atoms with van der Waals surface area (Å²) in [5, 5.41) is 17.2. The van der Waals surface area contributed by atoms with Gasteiger partial charge in [0.25, 0.3) is 0 Å². The highest BCUT2D eigenvalue weighted by atomic mass is 79.9. The van der Waals surface area contributed by atoms with Crippen molar-refractivity contribution in [2.45, 2.75) is 18.8 Å². The van der Waals surface area contributed by atoms with E-state index in [0.717, 1.165) is 0 Å². The minimum atomic E-state index is -1.05. The van der Waals surface area contributed by atoms with E-state index in [2.05, 4.69) is 15.9 Å². The van der Waals surface area contributed by atoms with E-state index >= 15 is 0 Å². The number of hydrogen-bond donors (Lipinski definition) is 2. The van der Waals surface area contributed by atoms with Gasteiger partial charge in [-0.05, 0) is 28.1 Å². The van der Waals surface area contributed by atoms with Crippen molar-refractivity contribution in [1.29, 1.82) is 0 Å². The molecule has 6 heteroatoms. The molecular weight excluding hydrogens is 268 g/mol. The molecule has 0 saturated heterocycles. The largest absolute Gasteiger partial charge is 0.481 e. The summed E-state index contributed by atoms with van der Waals surface area (Å²) in [5.74, 6) is -2.36. The monoisotopic (exact) mass is 276 g/mol. The number of carbonyl (C=O) groups is 2. The molecule has 0 bridgehead atoms. The molecule has 82 valence electrons. The molecule has 0 aliphatic carbocycles. The molecule has 0 radical (unpaired) electrons. The van der Waals surface area contributed by atoms with Crippen LogP contribution in [0.3, 0.4) is 0 Å². The van der Waals surface area contributed by atoms with Gasteiger partial charge in [0.05, 0.1) is 12.8 Å². The van der Waals surface area contributed by atoms with Crippen LogP contribution in [-0.2, 0) is 9.59 Å². The van der Waals surface area contributed by atoms with Gasteiger partial charge in [0.15, 0.2) is 4.67 Å². The fraction of sp³-hybridized carbons (Fsp3) is 0.333. The molecule has 0 aliphatic heterocycles. The molecule has 0 saturated carbocycles. The summed E-state index contributed by atoms with van der Waals surface area (Å²) >= 11 is 3.07. The van der Waals surface area contributed by atoms with Crippen LogP contribution in [0.1, 0.15) is 24.5 Å². The fourth-order valence-electron chi connectivity index (χ4n) is 1.24. The Hall–Kier alpha value is -1.30. The topological polar surface area (TPSA) is 87.7 Å². The average molecular weight is 277 g/mol. The van der Waals surface area contributed by atoms with Crippen LogP contribution in [0.15, 0.2) is 21.2 Å². The SMILES string of the molecule is O=C(O)CC(CC(=O)O)c1ccc(Br)o1. The minimum absolute atomic E-state index is 0.258. The van der Waals surface area contributed by atoms with E-state index in [1.165, 1.54) is 0 Å². The number of furan rings is 1. The Kier molecular flexibility index (Phi) is 3.90. The van der Waals surface area contributed by atoms with E-state index in [0.29, 0.717) is 10.4 Å². The van der Waals surface area contributed by atoms with Crippen molar-refractivity contribution in [3.05, 3.63) is 22.6 Å². The molecule has 0 spiro atoms. The number of carboxylic acids is 2. The summed E-state index contributed by atoms with van der Waals surface area (Å²) in [7, 11) is 0. The molecule has 1 aromatic rings. The molecule has 0 amide bonds. The first-order valence-electron chi connectivity index (χ1n) is 4.18. The predicted molar refractivity (Wildman–Crippen MR) is 53.7 cm³/mol. The number of halogens is 1. The Bertz CT molecular complexity index is 354. The Morgan fingerprint density at radius 3 is 2.13 bits per heavy atom. The van der Waals surface area contributed by atoms with E-state index in [4.69, 9.17) is 14.6 Å². The highest BCUT2D eigenvalue weighted by Gasteiger charge is 2.21. The van der Waals surface area contributed by atoms with Gasteiger partial charge >= 0.3 is 11.9 Å². The summed E-state index contributed by atoms with van der Waals surface area (Å²) in [5.41, 5.74) is 0. The van der Waals surface area contributed by atoms with Crippen molar-refractivity contribution >= 4 is 27.9 Å². The molecule has 0 fully saturated rings. The lowest BCUT2D eigenvalue weighted by Gasteiger charge is -2.08. The van der Waals surface area contributed by atoms with Crippen molar-refractivity contribution in [3.63, 3.8) is 0 Å². The van der Waals surface area contributed by atoms with Crippen LogP contribution in [0.5, 0.6) is 0 Å². The summed E-state index contributed by atoms with van der Waals surface area (Å²) in [6.45, 7) is 0. The summed E-state index contributed by atoms with van der Waals surface area (Å²) in [6.07, 6.45) is -0.515. The van der Waals surface area contributed by atoms with Gasteiger partial charge < -0.3 is 14.6 Å².